The van der Waals surface area contributed by atoms with Gasteiger partial charge in [0.15, 0.2) is 0 Å². The quantitative estimate of drug-likeness (QED) is 0.671. The van der Waals surface area contributed by atoms with Gasteiger partial charge in [-0.25, -0.2) is 0 Å². The summed E-state index contributed by atoms with van der Waals surface area (Å²) in [5, 5.41) is 2.96. The second-order valence-corrected chi connectivity index (χ2v) is 8.56. The molecular weight excluding hydrogens is 414 g/mol. The first kappa shape index (κ1) is 15.3. The smallest absolute Gasteiger partial charge is 0.251 e. The first-order valence-electron chi connectivity index (χ1n) is 6.87. The summed E-state index contributed by atoms with van der Waals surface area (Å²) in [6.07, 6.45) is 1.97. The van der Waals surface area contributed by atoms with E-state index in [1.165, 1.54) is 10.4 Å². The molecule has 0 spiro atoms. The average Bonchev–Trinajstić information content (AvgIpc) is 2.70. The fourth-order valence-electron chi connectivity index (χ4n) is 2.53. The minimum absolute atomic E-state index is 0.0487. The van der Waals surface area contributed by atoms with Crippen LogP contribution in [-0.2, 0) is 6.42 Å². The lowest BCUT2D eigenvalue weighted by atomic mass is 9.99. The third kappa shape index (κ3) is 3.10. The van der Waals surface area contributed by atoms with Gasteiger partial charge in [0.05, 0.1) is 8.61 Å². The molecule has 21 heavy (non-hydrogen) atoms. The van der Waals surface area contributed by atoms with E-state index >= 15 is 0 Å². The van der Waals surface area contributed by atoms with Gasteiger partial charge in [0.1, 0.15) is 0 Å². The number of hydrogen-bond acceptors (Lipinski definition) is 2. The molecule has 2 heterocycles. The van der Waals surface area contributed by atoms with Crippen LogP contribution in [-0.4, -0.2) is 12.5 Å². The van der Waals surface area contributed by atoms with Crippen molar-refractivity contribution >= 4 is 49.1 Å². The summed E-state index contributed by atoms with van der Waals surface area (Å²) in [7, 11) is 0. The highest BCUT2D eigenvalue weighted by molar-refractivity contribution is 9.11. The number of amides is 1. The summed E-state index contributed by atoms with van der Waals surface area (Å²) in [4.78, 5) is 13.5. The Morgan fingerprint density at radius 1 is 1.33 bits per heavy atom. The standard InChI is InChI=1S/C16H15Br2NOS/c1-9-7-13(21-15(9)18)14(17)11-5-4-10-3-2-6-19-16(20)12(10)8-11/h4-5,7-8,14H,2-3,6H2,1H3,(H,19,20). The maximum Gasteiger partial charge on any atom is 0.251 e. The van der Waals surface area contributed by atoms with Gasteiger partial charge in [-0.2, -0.15) is 0 Å². The average molecular weight is 429 g/mol. The molecule has 1 unspecified atom stereocenters. The lowest BCUT2D eigenvalue weighted by molar-refractivity contribution is 0.0956. The molecule has 1 aliphatic heterocycles. The summed E-state index contributed by atoms with van der Waals surface area (Å²) in [6, 6.07) is 8.43. The van der Waals surface area contributed by atoms with Crippen LogP contribution in [0.3, 0.4) is 0 Å². The Hall–Kier alpha value is -0.650. The Bertz CT molecular complexity index is 676. The molecule has 2 aromatic rings. The molecule has 1 amide bonds. The molecule has 1 aromatic carbocycles. The highest BCUT2D eigenvalue weighted by Crippen LogP contribution is 2.39. The molecular formula is C16H15Br2NOS. The van der Waals surface area contributed by atoms with Crippen molar-refractivity contribution in [2.24, 2.45) is 0 Å². The monoisotopic (exact) mass is 427 g/mol. The Morgan fingerprint density at radius 3 is 2.86 bits per heavy atom. The molecule has 0 saturated heterocycles. The van der Waals surface area contributed by atoms with Crippen LogP contribution in [0.4, 0.5) is 0 Å². The van der Waals surface area contributed by atoms with Crippen LogP contribution in [0.2, 0.25) is 0 Å². The van der Waals surface area contributed by atoms with Gasteiger partial charge in [-0.3, -0.25) is 4.79 Å². The molecule has 0 fully saturated rings. The van der Waals surface area contributed by atoms with E-state index < -0.39 is 0 Å². The second kappa shape index (κ2) is 6.23. The van der Waals surface area contributed by atoms with Crippen LogP contribution in [0.25, 0.3) is 0 Å². The van der Waals surface area contributed by atoms with E-state index in [9.17, 15) is 4.79 Å². The molecule has 0 saturated carbocycles. The molecule has 1 aromatic heterocycles. The number of nitrogens with one attached hydrogen (secondary N) is 1. The van der Waals surface area contributed by atoms with Crippen molar-refractivity contribution < 1.29 is 4.79 Å². The zero-order valence-corrected chi connectivity index (χ0v) is 15.6. The number of rotatable bonds is 2. The number of fused-ring (bicyclic) bond motifs is 1. The molecule has 110 valence electrons. The highest BCUT2D eigenvalue weighted by atomic mass is 79.9. The number of halogens is 2. The molecule has 1 N–H and O–H groups in total. The number of aryl methyl sites for hydroxylation is 2. The number of alkyl halides is 1. The molecule has 3 rings (SSSR count). The van der Waals surface area contributed by atoms with E-state index in [-0.39, 0.29) is 10.7 Å². The van der Waals surface area contributed by atoms with Crippen LogP contribution in [0.5, 0.6) is 0 Å². The fourth-order valence-corrected chi connectivity index (χ4v) is 4.80. The van der Waals surface area contributed by atoms with Gasteiger partial charge in [-0.1, -0.05) is 28.1 Å². The summed E-state index contributed by atoms with van der Waals surface area (Å²) < 4.78 is 1.16. The van der Waals surface area contributed by atoms with Crippen LogP contribution >= 0.6 is 43.2 Å². The Morgan fingerprint density at radius 2 is 2.14 bits per heavy atom. The predicted octanol–water partition coefficient (Wildman–Crippen LogP) is 4.98. The molecule has 0 radical (unpaired) electrons. The van der Waals surface area contributed by atoms with Crippen molar-refractivity contribution in [1.82, 2.24) is 5.32 Å². The van der Waals surface area contributed by atoms with Gasteiger partial charge in [0.25, 0.3) is 5.91 Å². The summed E-state index contributed by atoms with van der Waals surface area (Å²) in [6.45, 7) is 2.85. The van der Waals surface area contributed by atoms with E-state index in [4.69, 9.17) is 0 Å². The largest absolute Gasteiger partial charge is 0.352 e. The van der Waals surface area contributed by atoms with Crippen molar-refractivity contribution in [2.75, 3.05) is 6.54 Å². The predicted molar refractivity (Wildman–Crippen MR) is 94.6 cm³/mol. The van der Waals surface area contributed by atoms with Crippen molar-refractivity contribution in [3.63, 3.8) is 0 Å². The first-order chi connectivity index (χ1) is 10.1. The minimum atomic E-state index is 0.0487. The number of thiophene rings is 1. The normalized spacial score (nSPS) is 16.0. The van der Waals surface area contributed by atoms with E-state index in [2.05, 4.69) is 62.3 Å². The summed E-state index contributed by atoms with van der Waals surface area (Å²) >= 11 is 9.07. The van der Waals surface area contributed by atoms with E-state index in [1.54, 1.807) is 11.3 Å². The van der Waals surface area contributed by atoms with Gasteiger partial charge in [0, 0.05) is 17.0 Å². The Kier molecular flexibility index (Phi) is 4.52. The Labute approximate surface area is 145 Å². The SMILES string of the molecule is Cc1cc(C(Br)c2ccc3c(c2)C(=O)NCCC3)sc1Br. The van der Waals surface area contributed by atoms with Gasteiger partial charge < -0.3 is 5.32 Å². The van der Waals surface area contributed by atoms with Crippen LogP contribution < -0.4 is 5.32 Å². The van der Waals surface area contributed by atoms with Crippen molar-refractivity contribution in [2.45, 2.75) is 24.6 Å². The van der Waals surface area contributed by atoms with E-state index in [0.717, 1.165) is 39.9 Å². The van der Waals surface area contributed by atoms with Gasteiger partial charge in [-0.15, -0.1) is 11.3 Å². The van der Waals surface area contributed by atoms with Crippen LogP contribution in [0.15, 0.2) is 28.1 Å². The maximum atomic E-state index is 12.1. The van der Waals surface area contributed by atoms with Crippen LogP contribution in [0.1, 0.15) is 43.2 Å². The molecule has 1 aliphatic rings. The third-order valence-corrected chi connectivity index (χ3v) is 7.23. The lowest BCUT2D eigenvalue weighted by Crippen LogP contribution is -2.22. The van der Waals surface area contributed by atoms with Crippen molar-refractivity contribution in [3.05, 3.63) is 55.2 Å². The van der Waals surface area contributed by atoms with Gasteiger partial charge in [0.2, 0.25) is 0 Å². The maximum absolute atomic E-state index is 12.1. The van der Waals surface area contributed by atoms with Crippen molar-refractivity contribution in [3.8, 4) is 0 Å². The zero-order chi connectivity index (χ0) is 15.0. The molecule has 0 bridgehead atoms. The molecule has 2 nitrogen and oxygen atoms in total. The first-order valence-corrected chi connectivity index (χ1v) is 9.39. The number of benzene rings is 1. The molecule has 1 atom stereocenters. The van der Waals surface area contributed by atoms with E-state index in [0.29, 0.717) is 0 Å². The number of carbonyl (C=O) groups is 1. The fraction of sp³-hybridized carbons (Fsp3) is 0.312. The highest BCUT2D eigenvalue weighted by Gasteiger charge is 2.19. The van der Waals surface area contributed by atoms with Crippen LogP contribution in [0, 0.1) is 6.92 Å². The van der Waals surface area contributed by atoms with Gasteiger partial charge in [-0.05, 0) is 64.5 Å². The molecule has 0 aliphatic carbocycles. The summed E-state index contributed by atoms with van der Waals surface area (Å²) in [5.74, 6) is 0.0487. The number of hydrogen-bond donors (Lipinski definition) is 1. The third-order valence-electron chi connectivity index (χ3n) is 3.71. The van der Waals surface area contributed by atoms with E-state index in [1.807, 2.05) is 6.07 Å². The molecule has 5 heteroatoms. The topological polar surface area (TPSA) is 29.1 Å². The second-order valence-electron chi connectivity index (χ2n) is 5.24. The number of carbonyl (C=O) groups excluding carboxylic acids is 1. The zero-order valence-electron chi connectivity index (χ0n) is 11.6. The van der Waals surface area contributed by atoms with Gasteiger partial charge >= 0.3 is 0 Å². The Balaban J connectivity index is 1.97. The minimum Gasteiger partial charge on any atom is -0.352 e. The van der Waals surface area contributed by atoms with Crippen molar-refractivity contribution in [1.29, 1.82) is 0 Å². The lowest BCUT2D eigenvalue weighted by Gasteiger charge is -2.12. The summed E-state index contributed by atoms with van der Waals surface area (Å²) in [5.41, 5.74) is 4.34.